The number of hydrogen-bond acceptors (Lipinski definition) is 0. The van der Waals surface area contributed by atoms with Gasteiger partial charge < -0.3 is 16.4 Å². The quantitative estimate of drug-likeness (QED) is 0.510. The normalized spacial score (nSPS) is 0. The van der Waals surface area contributed by atoms with E-state index in [0.29, 0.717) is 0 Å². The molecule has 0 bridgehead atoms. The van der Waals surface area contributed by atoms with Gasteiger partial charge in [0.05, 0.1) is 0 Å². The van der Waals surface area contributed by atoms with E-state index in [9.17, 15) is 0 Å². The molecule has 0 aromatic carbocycles. The van der Waals surface area contributed by atoms with Crippen LogP contribution < -0.4 is 0 Å². The fourth-order valence-electron chi connectivity index (χ4n) is 0. The first kappa shape index (κ1) is 99.0. The first-order valence-corrected chi connectivity index (χ1v) is 0. The van der Waals surface area contributed by atoms with Crippen molar-refractivity contribution in [1.82, 2.24) is 0 Å². The van der Waals surface area contributed by atoms with Crippen LogP contribution in [0.25, 0.3) is 0 Å². The van der Waals surface area contributed by atoms with Crippen molar-refractivity contribution >= 4 is 23.7 Å². The smallest absolute Gasteiger partial charge is 2.00 e. The van der Waals surface area contributed by atoms with Crippen LogP contribution in [0.3, 0.4) is 0 Å². The Morgan fingerprint density at radius 3 is 0.600 bits per heavy atom. The Bertz CT molecular complexity index is 6.85. The molecule has 0 N–H and O–H groups in total. The molecule has 0 spiro atoms. The van der Waals surface area contributed by atoms with Crippen LogP contribution in [0.4, 0.5) is 0 Å². The molecule has 0 aromatic heterocycles. The third-order valence-corrected chi connectivity index (χ3v) is 0. The molecular formula is O3TeW. The van der Waals surface area contributed by atoms with Gasteiger partial charge in [-0.1, -0.05) is 0 Å². The van der Waals surface area contributed by atoms with Crippen LogP contribution in [0.1, 0.15) is 0 Å². The van der Waals surface area contributed by atoms with Crippen molar-refractivity contribution in [3.63, 3.8) is 0 Å². The second-order valence-corrected chi connectivity index (χ2v) is 0. The maximum atomic E-state index is 0. The van der Waals surface area contributed by atoms with Crippen molar-refractivity contribution in [1.29, 1.82) is 0 Å². The summed E-state index contributed by atoms with van der Waals surface area (Å²) in [4.78, 5) is 0. The van der Waals surface area contributed by atoms with Crippen LogP contribution in [0.15, 0.2) is 0 Å². The van der Waals surface area contributed by atoms with E-state index in [4.69, 9.17) is 0 Å². The van der Waals surface area contributed by atoms with E-state index < -0.39 is 0 Å². The predicted molar refractivity (Wildman–Crippen MR) is 7.81 cm³/mol. The van der Waals surface area contributed by atoms with E-state index in [1.165, 1.54) is 0 Å². The van der Waals surface area contributed by atoms with Gasteiger partial charge in [-0.15, -0.1) is 0 Å². The molecule has 0 unspecified atom stereocenters. The van der Waals surface area contributed by atoms with Crippen LogP contribution in [-0.2, 0) is 37.5 Å². The molecule has 0 aliphatic carbocycles. The minimum absolute atomic E-state index is 0. The Balaban J connectivity index is 0. The molecule has 3 nitrogen and oxygen atoms in total. The zero-order chi connectivity index (χ0) is 0. The minimum atomic E-state index is 0. The van der Waals surface area contributed by atoms with Gasteiger partial charge in [-0.2, -0.15) is 0 Å². The maximum absolute atomic E-state index is 0. The van der Waals surface area contributed by atoms with Crippen LogP contribution in [0, 0.1) is 0 Å². The number of rotatable bonds is 0. The summed E-state index contributed by atoms with van der Waals surface area (Å²) in [6.45, 7) is 0. The van der Waals surface area contributed by atoms with E-state index in [2.05, 4.69) is 0 Å². The van der Waals surface area contributed by atoms with Crippen molar-refractivity contribution in [2.45, 2.75) is 0 Å². The van der Waals surface area contributed by atoms with Gasteiger partial charge in [0, 0.05) is 23.7 Å². The molecule has 0 saturated carbocycles. The zero-order valence-corrected chi connectivity index (χ0v) is 7.31. The van der Waals surface area contributed by atoms with Crippen LogP contribution in [0.2, 0.25) is 0 Å². The van der Waals surface area contributed by atoms with Gasteiger partial charge >= 0.3 is 21.1 Å². The second-order valence-electron chi connectivity index (χ2n) is 0. The Hall–Kier alpha value is 1.36. The van der Waals surface area contributed by atoms with Crippen LogP contribution >= 0.6 is 0 Å². The van der Waals surface area contributed by atoms with Gasteiger partial charge in [0.1, 0.15) is 0 Å². The molecule has 5 heavy (non-hydrogen) atoms. The van der Waals surface area contributed by atoms with Crippen molar-refractivity contribution < 1.29 is 37.5 Å². The molecule has 0 aliphatic rings. The minimum Gasteiger partial charge on any atom is -2.00 e. The van der Waals surface area contributed by atoms with E-state index in [1.807, 2.05) is 0 Å². The van der Waals surface area contributed by atoms with E-state index in [0.717, 1.165) is 0 Å². The average Bonchev–Trinajstić information content (AvgIpc) is 0. The Morgan fingerprint density at radius 1 is 0.600 bits per heavy atom. The van der Waals surface area contributed by atoms with Gasteiger partial charge in [-0.3, -0.25) is 0 Å². The molecule has 0 saturated heterocycles. The molecule has 0 aromatic rings. The Kier molecular flexibility index (Phi) is 1090. The molecular weight excluding hydrogens is 359 g/mol. The van der Waals surface area contributed by atoms with E-state index in [-0.39, 0.29) is 61.2 Å². The SMILES string of the molecule is [O-2].[O-2].[O-2].[Te].[W+6]. The van der Waals surface area contributed by atoms with Crippen molar-refractivity contribution in [2.24, 2.45) is 0 Å². The third-order valence-electron chi connectivity index (χ3n) is 0. The second kappa shape index (κ2) is 55.2. The van der Waals surface area contributed by atoms with Gasteiger partial charge in [0.15, 0.2) is 0 Å². The molecule has 30 valence electrons. The van der Waals surface area contributed by atoms with Crippen molar-refractivity contribution in [2.75, 3.05) is 0 Å². The summed E-state index contributed by atoms with van der Waals surface area (Å²) in [5.74, 6) is 0. The van der Waals surface area contributed by atoms with Gasteiger partial charge in [-0.05, 0) is 0 Å². The summed E-state index contributed by atoms with van der Waals surface area (Å²) in [6, 6.07) is 0. The molecule has 0 fully saturated rings. The maximum Gasteiger partial charge on any atom is 6.00 e. The van der Waals surface area contributed by atoms with E-state index in [1.54, 1.807) is 0 Å². The van der Waals surface area contributed by atoms with Gasteiger partial charge in [0.2, 0.25) is 0 Å². The fraction of sp³-hybridized carbons (Fsp3) is 0. The van der Waals surface area contributed by atoms with Crippen LogP contribution in [0.5, 0.6) is 0 Å². The van der Waals surface area contributed by atoms with Crippen molar-refractivity contribution in [3.8, 4) is 0 Å². The monoisotopic (exact) mass is 362 g/mol. The summed E-state index contributed by atoms with van der Waals surface area (Å²) in [5.41, 5.74) is 0. The average molecular weight is 359 g/mol. The molecule has 0 atom stereocenters. The summed E-state index contributed by atoms with van der Waals surface area (Å²) in [5, 5.41) is 0. The topological polar surface area (TPSA) is 85.5 Å². The Labute approximate surface area is 61.0 Å². The first-order valence-electron chi connectivity index (χ1n) is 0. The number of hydrogen-bond donors (Lipinski definition) is 0. The summed E-state index contributed by atoms with van der Waals surface area (Å²) < 4.78 is 0. The molecule has 5 heteroatoms. The van der Waals surface area contributed by atoms with Gasteiger partial charge in [-0.25, -0.2) is 0 Å². The largest absolute Gasteiger partial charge is 6.00 e. The summed E-state index contributed by atoms with van der Waals surface area (Å²) in [7, 11) is 0. The zero-order valence-electron chi connectivity index (χ0n) is 2.04. The third kappa shape index (κ3) is 32.8. The van der Waals surface area contributed by atoms with Crippen molar-refractivity contribution in [3.05, 3.63) is 0 Å². The predicted octanol–water partition coefficient (Wildman–Crippen LogP) is -0.740. The molecule has 0 rings (SSSR count). The summed E-state index contributed by atoms with van der Waals surface area (Å²) in [6.07, 6.45) is 0. The Morgan fingerprint density at radius 2 is 0.600 bits per heavy atom. The first-order chi connectivity index (χ1) is 0. The molecule has 0 aliphatic heterocycles. The van der Waals surface area contributed by atoms with Crippen LogP contribution in [-0.4, -0.2) is 23.7 Å². The van der Waals surface area contributed by atoms with E-state index >= 15 is 0 Å². The molecule has 0 amide bonds. The molecule has 2 radical (unpaired) electrons. The van der Waals surface area contributed by atoms with Gasteiger partial charge in [0.25, 0.3) is 0 Å². The fourth-order valence-corrected chi connectivity index (χ4v) is 0. The standard InChI is InChI=1S/3O.Te.W/q3*-2;;+6. The molecule has 0 heterocycles. The summed E-state index contributed by atoms with van der Waals surface area (Å²) >= 11 is 0.